The highest BCUT2D eigenvalue weighted by Gasteiger charge is 2.41. The number of hydrogen-bond acceptors (Lipinski definition) is 6. The molecule has 2 aliphatic rings. The summed E-state index contributed by atoms with van der Waals surface area (Å²) in [5, 5.41) is 6.53. The lowest BCUT2D eigenvalue weighted by molar-refractivity contribution is -0.157. The van der Waals surface area contributed by atoms with Gasteiger partial charge in [-0.25, -0.2) is 4.39 Å². The van der Waals surface area contributed by atoms with Crippen LogP contribution in [-0.2, 0) is 20.5 Å². The van der Waals surface area contributed by atoms with Gasteiger partial charge in [-0.05, 0) is 34.3 Å². The Morgan fingerprint density at radius 2 is 1.84 bits per heavy atom. The lowest BCUT2D eigenvalue weighted by Gasteiger charge is -2.43. The van der Waals surface area contributed by atoms with Gasteiger partial charge in [0.05, 0.1) is 6.04 Å². The number of hydrogen-bond donors (Lipinski definition) is 0. The smallest absolute Gasteiger partial charge is 0.399 e. The zero-order valence-corrected chi connectivity index (χ0v) is 17.9. The Morgan fingerprint density at radius 3 is 2.47 bits per heavy atom. The Hall–Kier alpha value is -2.63. The lowest BCUT2D eigenvalue weighted by Crippen LogP contribution is -2.53. The highest BCUT2D eigenvalue weighted by molar-refractivity contribution is 8.00. The number of rotatable bonds is 3. The van der Waals surface area contributed by atoms with Crippen LogP contribution in [0.5, 0.6) is 0 Å². The van der Waals surface area contributed by atoms with Crippen molar-refractivity contribution in [1.29, 1.82) is 0 Å². The first kappa shape index (κ1) is 22.6. The van der Waals surface area contributed by atoms with Crippen LogP contribution in [0.4, 0.5) is 23.6 Å². The molecule has 7 nitrogen and oxygen atoms in total. The van der Waals surface area contributed by atoms with E-state index in [0.717, 1.165) is 0 Å². The summed E-state index contributed by atoms with van der Waals surface area (Å²) in [5.74, 6) is 1.90. The fraction of sp³-hybridized carbons (Fsp3) is 0.500. The Labute approximate surface area is 182 Å². The Kier molecular flexibility index (Phi) is 5.91. The van der Waals surface area contributed by atoms with Crippen LogP contribution >= 0.6 is 0 Å². The molecular formula is C20H22F4N4O3S. The summed E-state index contributed by atoms with van der Waals surface area (Å²) in [4.78, 5) is 16.3. The van der Waals surface area contributed by atoms with Crippen molar-refractivity contribution in [2.75, 3.05) is 36.0 Å². The third kappa shape index (κ3) is 4.59. The minimum atomic E-state index is -4.78. The minimum Gasteiger partial charge on any atom is -0.399 e. The van der Waals surface area contributed by atoms with Crippen molar-refractivity contribution in [3.05, 3.63) is 41.5 Å². The molecule has 4 rings (SSSR count). The Morgan fingerprint density at radius 1 is 1.16 bits per heavy atom. The molecular weight excluding hydrogens is 452 g/mol. The molecule has 12 heteroatoms. The molecule has 2 fully saturated rings. The van der Waals surface area contributed by atoms with Crippen LogP contribution in [0.3, 0.4) is 0 Å². The fourth-order valence-corrected chi connectivity index (χ4v) is 5.76. The molecule has 2 saturated heterocycles. The number of halogens is 4. The zero-order valence-electron chi connectivity index (χ0n) is 17.1. The van der Waals surface area contributed by atoms with Crippen molar-refractivity contribution < 1.29 is 31.0 Å². The molecule has 0 aliphatic carbocycles. The van der Waals surface area contributed by atoms with Gasteiger partial charge in [0.2, 0.25) is 5.91 Å². The molecule has 2 aliphatic heterocycles. The molecule has 32 heavy (non-hydrogen) atoms. The van der Waals surface area contributed by atoms with Gasteiger partial charge in [0, 0.05) is 42.6 Å². The van der Waals surface area contributed by atoms with E-state index >= 15 is 0 Å². The van der Waals surface area contributed by atoms with E-state index in [1.54, 1.807) is 17.0 Å². The van der Waals surface area contributed by atoms with Gasteiger partial charge in [-0.2, -0.15) is 13.2 Å². The largest absolute Gasteiger partial charge is 0.470 e. The van der Waals surface area contributed by atoms with Crippen LogP contribution in [-0.4, -0.2) is 62.2 Å². The topological polar surface area (TPSA) is 79.5 Å². The predicted octanol–water partition coefficient (Wildman–Crippen LogP) is 2.74. The van der Waals surface area contributed by atoms with Crippen molar-refractivity contribution in [2.45, 2.75) is 25.1 Å². The van der Waals surface area contributed by atoms with Gasteiger partial charge >= 0.3 is 18.1 Å². The van der Waals surface area contributed by atoms with E-state index in [4.69, 9.17) is 4.42 Å². The molecule has 0 N–H and O–H groups in total. The number of carbonyl (C=O) groups is 1. The van der Waals surface area contributed by atoms with Gasteiger partial charge in [-0.3, -0.25) is 9.00 Å². The highest BCUT2D eigenvalue weighted by atomic mass is 32.2. The second-order valence-electron chi connectivity index (χ2n) is 8.05. The molecule has 0 spiro atoms. The minimum absolute atomic E-state index is 0.00897. The average molecular weight is 474 g/mol. The maximum atomic E-state index is 14.6. The van der Waals surface area contributed by atoms with Crippen LogP contribution in [0.15, 0.2) is 28.7 Å². The van der Waals surface area contributed by atoms with Gasteiger partial charge in [-0.1, -0.05) is 23.3 Å². The van der Waals surface area contributed by atoms with E-state index in [9.17, 15) is 26.6 Å². The number of anilines is 1. The summed E-state index contributed by atoms with van der Waals surface area (Å²) in [6, 6.07) is 4.87. The van der Waals surface area contributed by atoms with Crippen LogP contribution < -0.4 is 4.90 Å². The van der Waals surface area contributed by atoms with E-state index in [0.29, 0.717) is 24.3 Å². The molecule has 3 heterocycles. The highest BCUT2D eigenvalue weighted by Crippen LogP contribution is 2.34. The molecule has 2 aromatic rings. The molecule has 1 amide bonds. The van der Waals surface area contributed by atoms with Crippen molar-refractivity contribution in [3.8, 4) is 0 Å². The SMILES string of the molecule is C=S1(=O)CCC(C(=O)N2CCN(c3nnc(C(F)(F)F)o3)CC2c2ccccc2F)CC1. The Balaban J connectivity index is 1.60. The molecule has 1 unspecified atom stereocenters. The molecule has 0 bridgehead atoms. The molecule has 174 valence electrons. The number of piperazine rings is 1. The summed E-state index contributed by atoms with van der Waals surface area (Å²) < 4.78 is 70.1. The van der Waals surface area contributed by atoms with E-state index < -0.39 is 33.4 Å². The molecule has 1 atom stereocenters. The van der Waals surface area contributed by atoms with Gasteiger partial charge in [0.1, 0.15) is 5.82 Å². The van der Waals surface area contributed by atoms with Crippen molar-refractivity contribution in [3.63, 3.8) is 0 Å². The standard InChI is InChI=1S/C20H22F4N4O3S/c1-32(30)10-6-13(7-11-32)17(29)28-9-8-27(19-26-25-18(31-19)20(22,23)24)12-16(28)14-4-2-3-5-15(14)21/h2-5,13,16H,1,6-12H2. The van der Waals surface area contributed by atoms with Crippen molar-refractivity contribution in [2.24, 2.45) is 5.92 Å². The van der Waals surface area contributed by atoms with Crippen LogP contribution in [0, 0.1) is 11.7 Å². The second kappa shape index (κ2) is 8.38. The second-order valence-corrected chi connectivity index (χ2v) is 10.8. The summed E-state index contributed by atoms with van der Waals surface area (Å²) in [6.07, 6.45) is -3.91. The van der Waals surface area contributed by atoms with Crippen LogP contribution in [0.1, 0.15) is 30.3 Å². The lowest BCUT2D eigenvalue weighted by atomic mass is 9.96. The monoisotopic (exact) mass is 474 g/mol. The van der Waals surface area contributed by atoms with Gasteiger partial charge in [0.15, 0.2) is 0 Å². The number of alkyl halides is 3. The first-order valence-corrected chi connectivity index (χ1v) is 12.1. The van der Waals surface area contributed by atoms with E-state index in [-0.39, 0.29) is 43.0 Å². The summed E-state index contributed by atoms with van der Waals surface area (Å²) >= 11 is 0. The maximum absolute atomic E-state index is 14.6. The zero-order chi connectivity index (χ0) is 23.1. The summed E-state index contributed by atoms with van der Waals surface area (Å²) in [6.45, 7) is 0.276. The van der Waals surface area contributed by atoms with E-state index in [1.807, 2.05) is 0 Å². The molecule has 0 radical (unpaired) electrons. The predicted molar refractivity (Wildman–Crippen MR) is 110 cm³/mol. The normalized spacial score (nSPS) is 26.9. The fourth-order valence-electron chi connectivity index (χ4n) is 4.13. The summed E-state index contributed by atoms with van der Waals surface area (Å²) in [5.41, 5.74) is 0.248. The van der Waals surface area contributed by atoms with Crippen molar-refractivity contribution >= 4 is 27.3 Å². The summed E-state index contributed by atoms with van der Waals surface area (Å²) in [7, 11) is -2.17. The van der Waals surface area contributed by atoms with E-state index in [1.165, 1.54) is 17.0 Å². The third-order valence-electron chi connectivity index (χ3n) is 5.88. The first-order chi connectivity index (χ1) is 15.0. The van der Waals surface area contributed by atoms with Gasteiger partial charge in [0.25, 0.3) is 0 Å². The van der Waals surface area contributed by atoms with Crippen LogP contribution in [0.25, 0.3) is 0 Å². The maximum Gasteiger partial charge on any atom is 0.470 e. The van der Waals surface area contributed by atoms with Crippen LogP contribution in [0.2, 0.25) is 0 Å². The number of benzene rings is 1. The van der Waals surface area contributed by atoms with Crippen molar-refractivity contribution in [1.82, 2.24) is 15.1 Å². The van der Waals surface area contributed by atoms with Gasteiger partial charge < -0.3 is 14.2 Å². The third-order valence-corrected chi connectivity index (χ3v) is 7.84. The van der Waals surface area contributed by atoms with Gasteiger partial charge in [-0.15, -0.1) is 5.10 Å². The Bertz CT molecular complexity index is 1090. The molecule has 0 saturated carbocycles. The molecule has 1 aromatic carbocycles. The number of amides is 1. The molecule has 1 aromatic heterocycles. The quantitative estimate of drug-likeness (QED) is 0.503. The first-order valence-electron chi connectivity index (χ1n) is 10.1. The number of nitrogens with zero attached hydrogens (tertiary/aromatic N) is 4. The average Bonchev–Trinajstić information content (AvgIpc) is 3.24. The van der Waals surface area contributed by atoms with E-state index in [2.05, 4.69) is 16.1 Å². The number of carbonyl (C=O) groups excluding carboxylic acids is 1. The number of aromatic nitrogens is 2.